The van der Waals surface area contributed by atoms with Gasteiger partial charge in [-0.25, -0.2) is 13.1 Å². The summed E-state index contributed by atoms with van der Waals surface area (Å²) < 4.78 is 32.0. The molecule has 0 fully saturated rings. The SMILES string of the molecule is COc1ccc(S(=O)(=O)NCC(=O)Nc2cc(Cl)ccc2C)cc1C. The Morgan fingerprint density at radius 2 is 1.84 bits per heavy atom. The van der Waals surface area contributed by atoms with E-state index in [2.05, 4.69) is 10.0 Å². The topological polar surface area (TPSA) is 84.5 Å². The Morgan fingerprint density at radius 1 is 1.12 bits per heavy atom. The van der Waals surface area contributed by atoms with E-state index in [-0.39, 0.29) is 11.4 Å². The molecule has 0 atom stereocenters. The number of nitrogens with one attached hydrogen (secondary N) is 2. The van der Waals surface area contributed by atoms with Crippen molar-refractivity contribution in [3.63, 3.8) is 0 Å². The predicted octanol–water partition coefficient (Wildman–Crippen LogP) is 2.88. The Bertz CT molecular complexity index is 898. The fourth-order valence-electron chi connectivity index (χ4n) is 2.19. The van der Waals surface area contributed by atoms with Gasteiger partial charge in [0.15, 0.2) is 0 Å². The summed E-state index contributed by atoms with van der Waals surface area (Å²) in [5.74, 6) is 0.104. The van der Waals surface area contributed by atoms with Crippen molar-refractivity contribution in [2.75, 3.05) is 19.0 Å². The normalized spacial score (nSPS) is 11.2. The number of amides is 1. The summed E-state index contributed by atoms with van der Waals surface area (Å²) in [6, 6.07) is 9.56. The molecular formula is C17H19ClN2O4S. The molecule has 0 spiro atoms. The van der Waals surface area contributed by atoms with Gasteiger partial charge >= 0.3 is 0 Å². The quantitative estimate of drug-likeness (QED) is 0.804. The third kappa shape index (κ3) is 4.94. The zero-order valence-electron chi connectivity index (χ0n) is 14.1. The van der Waals surface area contributed by atoms with Crippen LogP contribution in [0.15, 0.2) is 41.3 Å². The van der Waals surface area contributed by atoms with Crippen LogP contribution in [0.4, 0.5) is 5.69 Å². The largest absolute Gasteiger partial charge is 0.496 e. The van der Waals surface area contributed by atoms with Crippen LogP contribution in [0.5, 0.6) is 5.75 Å². The summed E-state index contributed by atoms with van der Waals surface area (Å²) in [4.78, 5) is 12.1. The number of anilines is 1. The molecule has 2 aromatic rings. The highest BCUT2D eigenvalue weighted by molar-refractivity contribution is 7.89. The molecule has 6 nitrogen and oxygen atoms in total. The summed E-state index contributed by atoms with van der Waals surface area (Å²) in [5, 5.41) is 3.12. The van der Waals surface area contributed by atoms with Crippen molar-refractivity contribution < 1.29 is 17.9 Å². The molecular weight excluding hydrogens is 364 g/mol. The third-order valence-electron chi connectivity index (χ3n) is 3.57. The number of methoxy groups -OCH3 is 1. The van der Waals surface area contributed by atoms with E-state index in [4.69, 9.17) is 16.3 Å². The van der Waals surface area contributed by atoms with Crippen LogP contribution in [-0.2, 0) is 14.8 Å². The maximum atomic E-state index is 12.3. The summed E-state index contributed by atoms with van der Waals surface area (Å²) >= 11 is 5.90. The van der Waals surface area contributed by atoms with E-state index in [9.17, 15) is 13.2 Å². The van der Waals surface area contributed by atoms with Gasteiger partial charge in [-0.1, -0.05) is 17.7 Å². The van der Waals surface area contributed by atoms with Gasteiger partial charge in [-0.15, -0.1) is 0 Å². The lowest BCUT2D eigenvalue weighted by Crippen LogP contribution is -2.33. The molecule has 0 aliphatic carbocycles. The molecule has 134 valence electrons. The highest BCUT2D eigenvalue weighted by Gasteiger charge is 2.17. The minimum absolute atomic E-state index is 0.0672. The third-order valence-corrected chi connectivity index (χ3v) is 5.21. The summed E-state index contributed by atoms with van der Waals surface area (Å²) in [6.07, 6.45) is 0. The van der Waals surface area contributed by atoms with Crippen molar-refractivity contribution in [3.05, 3.63) is 52.5 Å². The first-order chi connectivity index (χ1) is 11.7. The highest BCUT2D eigenvalue weighted by Crippen LogP contribution is 2.22. The number of rotatable bonds is 6. The Morgan fingerprint density at radius 3 is 2.48 bits per heavy atom. The molecule has 0 aromatic heterocycles. The molecule has 0 saturated carbocycles. The second-order valence-corrected chi connectivity index (χ2v) is 7.67. The van der Waals surface area contributed by atoms with Crippen LogP contribution in [0.3, 0.4) is 0 Å². The number of halogens is 1. The monoisotopic (exact) mass is 382 g/mol. The van der Waals surface area contributed by atoms with Crippen molar-refractivity contribution in [2.24, 2.45) is 0 Å². The Kier molecular flexibility index (Phi) is 6.05. The van der Waals surface area contributed by atoms with E-state index in [0.717, 1.165) is 5.56 Å². The van der Waals surface area contributed by atoms with Gasteiger partial charge in [-0.3, -0.25) is 4.79 Å². The first-order valence-corrected chi connectivity index (χ1v) is 9.29. The molecule has 0 heterocycles. The number of hydrogen-bond donors (Lipinski definition) is 2. The number of aryl methyl sites for hydroxylation is 2. The summed E-state index contributed by atoms with van der Waals surface area (Å²) in [5.41, 5.74) is 2.05. The Hall–Kier alpha value is -2.09. The first kappa shape index (κ1) is 19.2. The molecule has 0 aliphatic heterocycles. The molecule has 8 heteroatoms. The van der Waals surface area contributed by atoms with E-state index < -0.39 is 15.9 Å². The molecule has 0 saturated heterocycles. The lowest BCUT2D eigenvalue weighted by Gasteiger charge is -2.11. The van der Waals surface area contributed by atoms with E-state index in [1.54, 1.807) is 31.2 Å². The van der Waals surface area contributed by atoms with E-state index in [0.29, 0.717) is 22.0 Å². The molecule has 0 aliphatic rings. The molecule has 1 amide bonds. The average Bonchev–Trinajstić information content (AvgIpc) is 2.56. The maximum absolute atomic E-state index is 12.3. The lowest BCUT2D eigenvalue weighted by molar-refractivity contribution is -0.115. The Balaban J connectivity index is 2.05. The highest BCUT2D eigenvalue weighted by atomic mass is 35.5. The van der Waals surface area contributed by atoms with Crippen LogP contribution in [-0.4, -0.2) is 28.0 Å². The molecule has 0 bridgehead atoms. The van der Waals surface area contributed by atoms with Crippen molar-refractivity contribution in [3.8, 4) is 5.75 Å². The molecule has 0 unspecified atom stereocenters. The second kappa shape index (κ2) is 7.86. The van der Waals surface area contributed by atoms with Crippen LogP contribution in [0, 0.1) is 13.8 Å². The second-order valence-electron chi connectivity index (χ2n) is 5.46. The molecule has 2 N–H and O–H groups in total. The van der Waals surface area contributed by atoms with Crippen molar-refractivity contribution in [1.29, 1.82) is 0 Å². The summed E-state index contributed by atoms with van der Waals surface area (Å²) in [7, 11) is -2.30. The van der Waals surface area contributed by atoms with Gasteiger partial charge in [0, 0.05) is 10.7 Å². The van der Waals surface area contributed by atoms with E-state index in [1.807, 2.05) is 6.92 Å². The van der Waals surface area contributed by atoms with Crippen LogP contribution in [0.25, 0.3) is 0 Å². The van der Waals surface area contributed by atoms with Gasteiger partial charge in [0.05, 0.1) is 18.6 Å². The number of hydrogen-bond acceptors (Lipinski definition) is 4. The number of benzene rings is 2. The van der Waals surface area contributed by atoms with Gasteiger partial charge in [0.1, 0.15) is 5.75 Å². The van der Waals surface area contributed by atoms with Crippen molar-refractivity contribution in [1.82, 2.24) is 4.72 Å². The minimum Gasteiger partial charge on any atom is -0.496 e. The molecule has 25 heavy (non-hydrogen) atoms. The smallest absolute Gasteiger partial charge is 0.241 e. The van der Waals surface area contributed by atoms with Crippen LogP contribution >= 0.6 is 11.6 Å². The Labute approximate surface area is 152 Å². The van der Waals surface area contributed by atoms with Crippen molar-refractivity contribution in [2.45, 2.75) is 18.7 Å². The fourth-order valence-corrected chi connectivity index (χ4v) is 3.42. The maximum Gasteiger partial charge on any atom is 0.241 e. The first-order valence-electron chi connectivity index (χ1n) is 7.43. The van der Waals surface area contributed by atoms with Gasteiger partial charge in [-0.2, -0.15) is 0 Å². The standard InChI is InChI=1S/C17H19ClN2O4S/c1-11-4-5-13(18)9-15(11)20-17(21)10-19-25(22,23)14-6-7-16(24-3)12(2)8-14/h4-9,19H,10H2,1-3H3,(H,20,21). The fraction of sp³-hybridized carbons (Fsp3) is 0.235. The van der Waals surface area contributed by atoms with E-state index >= 15 is 0 Å². The number of sulfonamides is 1. The lowest BCUT2D eigenvalue weighted by atomic mass is 10.2. The minimum atomic E-state index is -3.81. The zero-order chi connectivity index (χ0) is 18.6. The van der Waals surface area contributed by atoms with Crippen LogP contribution in [0.1, 0.15) is 11.1 Å². The van der Waals surface area contributed by atoms with Crippen molar-refractivity contribution >= 4 is 33.2 Å². The molecule has 2 aromatic carbocycles. The van der Waals surface area contributed by atoms with Crippen LogP contribution < -0.4 is 14.8 Å². The number of ether oxygens (including phenoxy) is 1. The van der Waals surface area contributed by atoms with Crippen LogP contribution in [0.2, 0.25) is 5.02 Å². The van der Waals surface area contributed by atoms with E-state index in [1.165, 1.54) is 19.2 Å². The number of carbonyl (C=O) groups excluding carboxylic acids is 1. The number of carbonyl (C=O) groups is 1. The van der Waals surface area contributed by atoms with Gasteiger partial charge in [-0.05, 0) is 55.3 Å². The van der Waals surface area contributed by atoms with Gasteiger partial charge in [0.2, 0.25) is 15.9 Å². The predicted molar refractivity (Wildman–Crippen MR) is 97.7 cm³/mol. The van der Waals surface area contributed by atoms with Gasteiger partial charge < -0.3 is 10.1 Å². The molecule has 0 radical (unpaired) electrons. The molecule has 2 rings (SSSR count). The summed E-state index contributed by atoms with van der Waals surface area (Å²) in [6.45, 7) is 3.17. The average molecular weight is 383 g/mol. The van der Waals surface area contributed by atoms with Gasteiger partial charge in [0.25, 0.3) is 0 Å². The zero-order valence-corrected chi connectivity index (χ0v) is 15.7.